The lowest BCUT2D eigenvalue weighted by Gasteiger charge is -2.22. The molecule has 0 aliphatic rings. The summed E-state index contributed by atoms with van der Waals surface area (Å²) < 4.78 is 6.88. The summed E-state index contributed by atoms with van der Waals surface area (Å²) >= 11 is 3.41. The molecule has 0 aromatic heterocycles. The molecule has 0 saturated carbocycles. The maximum absolute atomic E-state index is 9.17. The number of hydrogen-bond acceptors (Lipinski definition) is 2. The van der Waals surface area contributed by atoms with Gasteiger partial charge in [0, 0.05) is 10.0 Å². The van der Waals surface area contributed by atoms with Gasteiger partial charge in [0.05, 0.1) is 5.56 Å². The Kier molecular flexibility index (Phi) is 4.15. The quantitative estimate of drug-likeness (QED) is 0.737. The van der Waals surface area contributed by atoms with Crippen LogP contribution >= 0.6 is 15.9 Å². The van der Waals surface area contributed by atoms with Crippen LogP contribution < -0.4 is 4.74 Å². The van der Waals surface area contributed by atoms with Crippen LogP contribution in [0.3, 0.4) is 0 Å². The molecule has 0 aliphatic heterocycles. The molecule has 2 rings (SSSR count). The van der Waals surface area contributed by atoms with Crippen LogP contribution in [0.2, 0.25) is 0 Å². The Morgan fingerprint density at radius 1 is 1.05 bits per heavy atom. The lowest BCUT2D eigenvalue weighted by molar-refractivity contribution is 0.454. The molecule has 0 fully saturated rings. The molecule has 2 aromatic rings. The lowest BCUT2D eigenvalue weighted by atomic mass is 9.86. The summed E-state index contributed by atoms with van der Waals surface area (Å²) in [5.41, 5.74) is 1.62. The van der Waals surface area contributed by atoms with Crippen molar-refractivity contribution >= 4 is 15.9 Å². The number of rotatable bonds is 2. The topological polar surface area (TPSA) is 33.0 Å². The lowest BCUT2D eigenvalue weighted by Crippen LogP contribution is -2.12. The van der Waals surface area contributed by atoms with Crippen LogP contribution in [0.5, 0.6) is 11.5 Å². The average molecular weight is 330 g/mol. The molecule has 0 heterocycles. The van der Waals surface area contributed by atoms with E-state index in [1.165, 1.54) is 0 Å². The molecule has 0 atom stereocenters. The number of benzene rings is 2. The first-order chi connectivity index (χ1) is 9.41. The highest BCUT2D eigenvalue weighted by Gasteiger charge is 2.19. The maximum atomic E-state index is 9.17. The number of halogens is 1. The van der Waals surface area contributed by atoms with Crippen LogP contribution in [0.4, 0.5) is 0 Å². The van der Waals surface area contributed by atoms with E-state index in [4.69, 9.17) is 4.74 Å². The Balaban J connectivity index is 2.46. The van der Waals surface area contributed by atoms with Crippen molar-refractivity contribution < 1.29 is 4.74 Å². The predicted molar refractivity (Wildman–Crippen MR) is 84.1 cm³/mol. The zero-order valence-corrected chi connectivity index (χ0v) is 13.4. The van der Waals surface area contributed by atoms with Crippen molar-refractivity contribution in [2.75, 3.05) is 0 Å². The molecular weight excluding hydrogens is 314 g/mol. The molecule has 0 amide bonds. The zero-order chi connectivity index (χ0) is 14.8. The van der Waals surface area contributed by atoms with E-state index in [1.54, 1.807) is 6.07 Å². The van der Waals surface area contributed by atoms with Gasteiger partial charge in [0.25, 0.3) is 0 Å². The van der Waals surface area contributed by atoms with Crippen LogP contribution in [0.25, 0.3) is 0 Å². The van der Waals surface area contributed by atoms with Gasteiger partial charge < -0.3 is 4.74 Å². The molecule has 0 saturated heterocycles. The SMILES string of the molecule is CC(C)(C)c1ccccc1Oc1cc(Br)ccc1C#N. The molecule has 0 aliphatic carbocycles. The minimum Gasteiger partial charge on any atom is -0.456 e. The highest BCUT2D eigenvalue weighted by Crippen LogP contribution is 2.35. The summed E-state index contributed by atoms with van der Waals surface area (Å²) in [5.74, 6) is 1.35. The molecule has 2 aromatic carbocycles. The van der Waals surface area contributed by atoms with Crippen LogP contribution in [0.15, 0.2) is 46.9 Å². The molecule has 3 heteroatoms. The van der Waals surface area contributed by atoms with Crippen molar-refractivity contribution in [2.24, 2.45) is 0 Å². The fourth-order valence-corrected chi connectivity index (χ4v) is 2.31. The van der Waals surface area contributed by atoms with Crippen molar-refractivity contribution in [1.82, 2.24) is 0 Å². The molecule has 0 bridgehead atoms. The van der Waals surface area contributed by atoms with Crippen LogP contribution in [0.1, 0.15) is 31.9 Å². The maximum Gasteiger partial charge on any atom is 0.146 e. The average Bonchev–Trinajstić information content (AvgIpc) is 2.38. The van der Waals surface area contributed by atoms with Crippen molar-refractivity contribution in [1.29, 1.82) is 5.26 Å². The van der Waals surface area contributed by atoms with E-state index >= 15 is 0 Å². The van der Waals surface area contributed by atoms with Crippen LogP contribution in [-0.4, -0.2) is 0 Å². The van der Waals surface area contributed by atoms with Gasteiger partial charge in [-0.2, -0.15) is 5.26 Å². The fraction of sp³-hybridized carbons (Fsp3) is 0.235. The molecule has 0 spiro atoms. The smallest absolute Gasteiger partial charge is 0.146 e. The Labute approximate surface area is 128 Å². The van der Waals surface area contributed by atoms with Gasteiger partial charge in [-0.1, -0.05) is 54.9 Å². The Morgan fingerprint density at radius 3 is 2.40 bits per heavy atom. The van der Waals surface area contributed by atoms with Crippen molar-refractivity contribution in [3.8, 4) is 17.6 Å². The normalized spacial score (nSPS) is 10.9. The number of para-hydroxylation sites is 1. The number of hydrogen-bond donors (Lipinski definition) is 0. The standard InChI is InChI=1S/C17H16BrNO/c1-17(2,3)14-6-4-5-7-15(14)20-16-10-13(18)9-8-12(16)11-19/h4-10H,1-3H3. The Hall–Kier alpha value is -1.79. The van der Waals surface area contributed by atoms with Crippen molar-refractivity contribution in [2.45, 2.75) is 26.2 Å². The first kappa shape index (κ1) is 14.6. The summed E-state index contributed by atoms with van der Waals surface area (Å²) in [7, 11) is 0. The van der Waals surface area contributed by atoms with Gasteiger partial charge in [-0.3, -0.25) is 0 Å². The van der Waals surface area contributed by atoms with Crippen LogP contribution in [-0.2, 0) is 5.41 Å². The number of nitriles is 1. The first-order valence-corrected chi connectivity index (χ1v) is 7.18. The van der Waals surface area contributed by atoms with Gasteiger partial charge >= 0.3 is 0 Å². The second kappa shape index (κ2) is 5.68. The molecule has 20 heavy (non-hydrogen) atoms. The van der Waals surface area contributed by atoms with E-state index in [1.807, 2.05) is 30.3 Å². The minimum atomic E-state index is -0.0184. The summed E-state index contributed by atoms with van der Waals surface area (Å²) in [6.45, 7) is 6.42. The van der Waals surface area contributed by atoms with E-state index in [0.717, 1.165) is 15.8 Å². The van der Waals surface area contributed by atoms with Crippen LogP contribution in [0, 0.1) is 11.3 Å². The molecule has 102 valence electrons. The third-order valence-corrected chi connectivity index (χ3v) is 3.47. The van der Waals surface area contributed by atoms with E-state index in [-0.39, 0.29) is 5.41 Å². The molecular formula is C17H16BrNO. The minimum absolute atomic E-state index is 0.0184. The predicted octanol–water partition coefficient (Wildman–Crippen LogP) is 5.41. The summed E-state index contributed by atoms with van der Waals surface area (Å²) in [5, 5.41) is 9.17. The van der Waals surface area contributed by atoms with Gasteiger partial charge in [-0.05, 0) is 29.7 Å². The molecule has 2 nitrogen and oxygen atoms in total. The molecule has 0 unspecified atom stereocenters. The third kappa shape index (κ3) is 3.20. The van der Waals surface area contributed by atoms with E-state index in [2.05, 4.69) is 48.8 Å². The van der Waals surface area contributed by atoms with Gasteiger partial charge in [0.2, 0.25) is 0 Å². The number of nitrogens with zero attached hydrogens (tertiary/aromatic N) is 1. The fourth-order valence-electron chi connectivity index (χ4n) is 1.97. The van der Waals surface area contributed by atoms with Crippen molar-refractivity contribution in [3.63, 3.8) is 0 Å². The number of ether oxygens (including phenoxy) is 1. The second-order valence-electron chi connectivity index (χ2n) is 5.60. The van der Waals surface area contributed by atoms with E-state index in [0.29, 0.717) is 11.3 Å². The summed E-state index contributed by atoms with van der Waals surface area (Å²) in [4.78, 5) is 0. The summed E-state index contributed by atoms with van der Waals surface area (Å²) in [6, 6.07) is 15.5. The first-order valence-electron chi connectivity index (χ1n) is 6.39. The largest absolute Gasteiger partial charge is 0.456 e. The second-order valence-corrected chi connectivity index (χ2v) is 6.52. The monoisotopic (exact) mass is 329 g/mol. The Bertz CT molecular complexity index is 665. The van der Waals surface area contributed by atoms with Gasteiger partial charge in [0.1, 0.15) is 17.6 Å². The van der Waals surface area contributed by atoms with Gasteiger partial charge in [0.15, 0.2) is 0 Å². The molecule has 0 radical (unpaired) electrons. The van der Waals surface area contributed by atoms with E-state index in [9.17, 15) is 5.26 Å². The van der Waals surface area contributed by atoms with E-state index < -0.39 is 0 Å². The van der Waals surface area contributed by atoms with Gasteiger partial charge in [-0.25, -0.2) is 0 Å². The third-order valence-electron chi connectivity index (χ3n) is 2.98. The zero-order valence-electron chi connectivity index (χ0n) is 11.8. The van der Waals surface area contributed by atoms with Gasteiger partial charge in [-0.15, -0.1) is 0 Å². The van der Waals surface area contributed by atoms with Crippen molar-refractivity contribution in [3.05, 3.63) is 58.1 Å². The highest BCUT2D eigenvalue weighted by atomic mass is 79.9. The Morgan fingerprint density at radius 2 is 1.75 bits per heavy atom. The highest BCUT2D eigenvalue weighted by molar-refractivity contribution is 9.10. The molecule has 0 N–H and O–H groups in total. The summed E-state index contributed by atoms with van der Waals surface area (Å²) in [6.07, 6.45) is 0.